The van der Waals surface area contributed by atoms with E-state index in [9.17, 15) is 9.90 Å². The van der Waals surface area contributed by atoms with Crippen LogP contribution in [-0.2, 0) is 0 Å². The third-order valence-corrected chi connectivity index (χ3v) is 6.43. The molecule has 7 nitrogen and oxygen atoms in total. The van der Waals surface area contributed by atoms with Gasteiger partial charge in [-0.05, 0) is 42.2 Å². The lowest BCUT2D eigenvalue weighted by atomic mass is 10.0. The zero-order valence-electron chi connectivity index (χ0n) is 16.7. The van der Waals surface area contributed by atoms with Crippen LogP contribution >= 0.6 is 11.3 Å². The molecule has 0 spiro atoms. The second kappa shape index (κ2) is 8.33. The molecular formula is C22H24N4O3S. The van der Waals surface area contributed by atoms with Crippen molar-refractivity contribution >= 4 is 51.2 Å². The number of ether oxygens (including phenoxy) is 1. The number of hydrogen-bond donors (Lipinski definition) is 3. The fraction of sp³-hybridized carbons (Fsp3) is 0.273. The van der Waals surface area contributed by atoms with Gasteiger partial charge in [0.05, 0.1) is 12.8 Å². The molecule has 0 amide bonds. The lowest BCUT2D eigenvalue weighted by Gasteiger charge is -2.31. The molecule has 3 aromatic rings. The van der Waals surface area contributed by atoms with Crippen LogP contribution in [0.3, 0.4) is 0 Å². The fourth-order valence-corrected chi connectivity index (χ4v) is 4.58. The summed E-state index contributed by atoms with van der Waals surface area (Å²) < 4.78 is 5.20. The Balaban J connectivity index is 1.78. The minimum Gasteiger partial charge on any atom is -0.497 e. The van der Waals surface area contributed by atoms with Crippen LogP contribution in [0.4, 0.5) is 11.5 Å². The van der Waals surface area contributed by atoms with Crippen LogP contribution in [0, 0.1) is 0 Å². The lowest BCUT2D eigenvalue weighted by molar-refractivity contribution is 0.0703. The molecule has 1 aromatic carbocycles. The van der Waals surface area contributed by atoms with Gasteiger partial charge in [0, 0.05) is 24.5 Å². The average molecular weight is 425 g/mol. The standard InChI is InChI=1S/C22H24N4O3S/c1-29-16-6-3-13(4-7-16)2-5-14-12-17(26-10-8-15(23)9-11-26)25-21-18(14)19(24)20(30-21)22(27)28/h2-7,12,15H,8-11,23-24H2,1H3,(H,27,28)/b5-2+. The molecule has 1 fully saturated rings. The van der Waals surface area contributed by atoms with Crippen molar-refractivity contribution in [2.45, 2.75) is 18.9 Å². The Hall–Kier alpha value is -3.10. The molecule has 8 heteroatoms. The number of anilines is 2. The van der Waals surface area contributed by atoms with Crippen LogP contribution in [0.1, 0.15) is 33.6 Å². The molecule has 4 rings (SSSR count). The van der Waals surface area contributed by atoms with Gasteiger partial charge in [0.15, 0.2) is 0 Å². The Bertz CT molecular complexity index is 1100. The number of pyridine rings is 1. The van der Waals surface area contributed by atoms with E-state index in [0.717, 1.165) is 60.0 Å². The van der Waals surface area contributed by atoms with Crippen molar-refractivity contribution in [1.82, 2.24) is 4.98 Å². The van der Waals surface area contributed by atoms with Gasteiger partial charge in [0.1, 0.15) is 21.3 Å². The minimum atomic E-state index is -1.04. The highest BCUT2D eigenvalue weighted by Crippen LogP contribution is 2.38. The quantitative estimate of drug-likeness (QED) is 0.572. The SMILES string of the molecule is COc1ccc(/C=C/c2cc(N3CCC(N)CC3)nc3sc(C(=O)O)c(N)c23)cc1. The van der Waals surface area contributed by atoms with Crippen LogP contribution < -0.4 is 21.1 Å². The second-order valence-electron chi connectivity index (χ2n) is 7.33. The molecule has 1 saturated heterocycles. The number of aromatic carboxylic acids is 1. The van der Waals surface area contributed by atoms with Gasteiger partial charge in [-0.15, -0.1) is 11.3 Å². The molecule has 0 aliphatic carbocycles. The number of carbonyl (C=O) groups is 1. The Morgan fingerprint density at radius 1 is 1.27 bits per heavy atom. The van der Waals surface area contributed by atoms with Gasteiger partial charge in [-0.3, -0.25) is 0 Å². The minimum absolute atomic E-state index is 0.120. The van der Waals surface area contributed by atoms with Crippen LogP contribution in [0.5, 0.6) is 5.75 Å². The number of hydrogen-bond acceptors (Lipinski definition) is 7. The number of nitrogens with two attached hydrogens (primary N) is 2. The maximum atomic E-state index is 11.6. The van der Waals surface area contributed by atoms with Crippen molar-refractivity contribution < 1.29 is 14.6 Å². The Labute approximate surface area is 178 Å². The van der Waals surface area contributed by atoms with Gasteiger partial charge < -0.3 is 26.2 Å². The van der Waals surface area contributed by atoms with Crippen LogP contribution in [-0.4, -0.2) is 42.3 Å². The number of methoxy groups -OCH3 is 1. The first-order valence-electron chi connectivity index (χ1n) is 9.75. The maximum absolute atomic E-state index is 11.6. The molecule has 30 heavy (non-hydrogen) atoms. The van der Waals surface area contributed by atoms with Crippen LogP contribution in [0.25, 0.3) is 22.4 Å². The summed E-state index contributed by atoms with van der Waals surface area (Å²) >= 11 is 1.11. The average Bonchev–Trinajstić information content (AvgIpc) is 3.10. The molecule has 0 unspecified atom stereocenters. The molecule has 1 aliphatic heterocycles. The molecule has 5 N–H and O–H groups in total. The number of piperidine rings is 1. The number of fused-ring (bicyclic) bond motifs is 1. The van der Waals surface area contributed by atoms with E-state index >= 15 is 0 Å². The summed E-state index contributed by atoms with van der Waals surface area (Å²) in [6, 6.07) is 9.90. The molecule has 0 atom stereocenters. The van der Waals surface area contributed by atoms with E-state index in [2.05, 4.69) is 4.90 Å². The molecular weight excluding hydrogens is 400 g/mol. The van der Waals surface area contributed by atoms with Crippen LogP contribution in [0.2, 0.25) is 0 Å². The lowest BCUT2D eigenvalue weighted by Crippen LogP contribution is -2.40. The highest BCUT2D eigenvalue weighted by molar-refractivity contribution is 7.21. The van der Waals surface area contributed by atoms with Crippen molar-refractivity contribution in [3.8, 4) is 5.75 Å². The van der Waals surface area contributed by atoms with Gasteiger partial charge in [0.25, 0.3) is 0 Å². The molecule has 156 valence electrons. The largest absolute Gasteiger partial charge is 0.497 e. The summed E-state index contributed by atoms with van der Waals surface area (Å²) in [4.78, 5) is 19.3. The smallest absolute Gasteiger partial charge is 0.348 e. The fourth-order valence-electron chi connectivity index (χ4n) is 3.62. The highest BCUT2D eigenvalue weighted by Gasteiger charge is 2.22. The number of thiophene rings is 1. The Morgan fingerprint density at radius 3 is 2.60 bits per heavy atom. The first kappa shape index (κ1) is 20.2. The number of carboxylic acid groups (broad SMARTS) is 1. The van der Waals surface area contributed by atoms with E-state index in [1.807, 2.05) is 42.5 Å². The molecule has 1 aliphatic rings. The van der Waals surface area contributed by atoms with Gasteiger partial charge in [-0.2, -0.15) is 0 Å². The van der Waals surface area contributed by atoms with Crippen molar-refractivity contribution in [2.75, 3.05) is 30.8 Å². The summed E-state index contributed by atoms with van der Waals surface area (Å²) in [5, 5.41) is 10.2. The number of rotatable bonds is 5. The van der Waals surface area contributed by atoms with Crippen molar-refractivity contribution in [3.05, 3.63) is 46.3 Å². The summed E-state index contributed by atoms with van der Waals surface area (Å²) in [6.45, 7) is 1.65. The number of benzene rings is 1. The van der Waals surface area contributed by atoms with E-state index in [-0.39, 0.29) is 16.6 Å². The van der Waals surface area contributed by atoms with Crippen molar-refractivity contribution in [2.24, 2.45) is 5.73 Å². The van der Waals surface area contributed by atoms with E-state index in [0.29, 0.717) is 10.2 Å². The Kier molecular flexibility index (Phi) is 5.61. The molecule has 3 heterocycles. The summed E-state index contributed by atoms with van der Waals surface area (Å²) in [5.74, 6) is 0.574. The molecule has 0 radical (unpaired) electrons. The molecule has 0 saturated carbocycles. The van der Waals surface area contributed by atoms with Gasteiger partial charge >= 0.3 is 5.97 Å². The van der Waals surface area contributed by atoms with Crippen molar-refractivity contribution in [1.29, 1.82) is 0 Å². The highest BCUT2D eigenvalue weighted by atomic mass is 32.1. The summed E-state index contributed by atoms with van der Waals surface area (Å²) in [7, 11) is 1.63. The number of carboxylic acids is 1. The topological polar surface area (TPSA) is 115 Å². The second-order valence-corrected chi connectivity index (χ2v) is 8.33. The maximum Gasteiger partial charge on any atom is 0.348 e. The zero-order chi connectivity index (χ0) is 21.3. The predicted octanol–water partition coefficient (Wildman–Crippen LogP) is 3.68. The third-order valence-electron chi connectivity index (χ3n) is 5.34. The first-order chi connectivity index (χ1) is 14.5. The van der Waals surface area contributed by atoms with Crippen LogP contribution in [0.15, 0.2) is 30.3 Å². The number of nitrogen functional groups attached to an aromatic ring is 1. The third kappa shape index (κ3) is 3.96. The van der Waals surface area contributed by atoms with Gasteiger partial charge in [-0.25, -0.2) is 9.78 Å². The normalized spacial score (nSPS) is 15.2. The zero-order valence-corrected chi connectivity index (χ0v) is 17.5. The van der Waals surface area contributed by atoms with E-state index in [1.54, 1.807) is 7.11 Å². The van der Waals surface area contributed by atoms with Crippen molar-refractivity contribution in [3.63, 3.8) is 0 Å². The monoisotopic (exact) mass is 424 g/mol. The van der Waals surface area contributed by atoms with Gasteiger partial charge in [0.2, 0.25) is 0 Å². The predicted molar refractivity (Wildman–Crippen MR) is 122 cm³/mol. The first-order valence-corrected chi connectivity index (χ1v) is 10.6. The molecule has 2 aromatic heterocycles. The van der Waals surface area contributed by atoms with E-state index in [4.69, 9.17) is 21.2 Å². The van der Waals surface area contributed by atoms with E-state index < -0.39 is 5.97 Å². The Morgan fingerprint density at radius 2 is 1.97 bits per heavy atom. The number of nitrogens with zero attached hydrogens (tertiary/aromatic N) is 2. The summed E-state index contributed by atoms with van der Waals surface area (Å²) in [5.41, 5.74) is 14.3. The molecule has 0 bridgehead atoms. The number of aromatic nitrogens is 1. The summed E-state index contributed by atoms with van der Waals surface area (Å²) in [6.07, 6.45) is 5.74. The van der Waals surface area contributed by atoms with E-state index in [1.165, 1.54) is 0 Å². The van der Waals surface area contributed by atoms with Gasteiger partial charge in [-0.1, -0.05) is 24.3 Å².